The summed E-state index contributed by atoms with van der Waals surface area (Å²) in [5.41, 5.74) is 0.349. The fraction of sp³-hybridized carbons (Fsp3) is 0.562. The Labute approximate surface area is 171 Å². The fourth-order valence-electron chi connectivity index (χ4n) is 2.95. The number of halogens is 2. The average Bonchev–Trinajstić information content (AvgIpc) is 3.26. The van der Waals surface area contributed by atoms with Gasteiger partial charge in [-0.2, -0.15) is 4.98 Å². The Morgan fingerprint density at radius 2 is 2.32 bits per heavy atom. The first-order valence-corrected chi connectivity index (χ1v) is 9.51. The topological polar surface area (TPSA) is 117 Å². The van der Waals surface area contributed by atoms with Crippen LogP contribution in [0.4, 0.5) is 11.5 Å². The van der Waals surface area contributed by atoms with Gasteiger partial charge in [0.1, 0.15) is 16.5 Å². The average molecular weight is 431 g/mol. The number of hydrogen-bond donors (Lipinski definition) is 1. The van der Waals surface area contributed by atoms with Crippen molar-refractivity contribution in [1.29, 1.82) is 0 Å². The van der Waals surface area contributed by atoms with Gasteiger partial charge < -0.3 is 14.8 Å². The SMILES string of the molecule is Cc1c([N+](=O)[O-])c(OCCC(C)Nc2nc(Cl)ncc2Cl)nn1[C@H]1CCOC1. The highest BCUT2D eigenvalue weighted by molar-refractivity contribution is 6.33. The maximum Gasteiger partial charge on any atom is 0.352 e. The number of hydrogen-bond acceptors (Lipinski definition) is 8. The molecule has 3 rings (SSSR count). The molecule has 2 aromatic rings. The molecule has 28 heavy (non-hydrogen) atoms. The van der Waals surface area contributed by atoms with Crippen LogP contribution in [0.3, 0.4) is 0 Å². The van der Waals surface area contributed by atoms with Gasteiger partial charge in [0.05, 0.1) is 30.4 Å². The lowest BCUT2D eigenvalue weighted by Crippen LogP contribution is -2.20. The first-order valence-electron chi connectivity index (χ1n) is 8.75. The maximum atomic E-state index is 11.5. The zero-order chi connectivity index (χ0) is 20.3. The van der Waals surface area contributed by atoms with E-state index in [-0.39, 0.29) is 35.5 Å². The van der Waals surface area contributed by atoms with Gasteiger partial charge in [-0.1, -0.05) is 11.6 Å². The minimum absolute atomic E-state index is 0.0127. The smallest absolute Gasteiger partial charge is 0.352 e. The Bertz CT molecular complexity index is 856. The Kier molecular flexibility index (Phi) is 6.53. The molecule has 2 aromatic heterocycles. The van der Waals surface area contributed by atoms with Crippen molar-refractivity contribution in [2.24, 2.45) is 0 Å². The minimum Gasteiger partial charge on any atom is -0.472 e. The summed E-state index contributed by atoms with van der Waals surface area (Å²) in [4.78, 5) is 18.8. The van der Waals surface area contributed by atoms with Crippen LogP contribution in [0.2, 0.25) is 10.3 Å². The Balaban J connectivity index is 1.63. The predicted molar refractivity (Wildman–Crippen MR) is 103 cm³/mol. The Morgan fingerprint density at radius 3 is 3.00 bits per heavy atom. The molecule has 0 saturated carbocycles. The van der Waals surface area contributed by atoms with Crippen LogP contribution in [0.5, 0.6) is 5.88 Å². The summed E-state index contributed by atoms with van der Waals surface area (Å²) in [5, 5.41) is 19.3. The summed E-state index contributed by atoms with van der Waals surface area (Å²) < 4.78 is 12.6. The number of ether oxygens (including phenoxy) is 2. The summed E-state index contributed by atoms with van der Waals surface area (Å²) in [7, 11) is 0. The maximum absolute atomic E-state index is 11.5. The van der Waals surface area contributed by atoms with Crippen molar-refractivity contribution in [2.75, 3.05) is 25.1 Å². The largest absolute Gasteiger partial charge is 0.472 e. The number of nitro groups is 1. The molecule has 12 heteroatoms. The number of nitrogens with zero attached hydrogens (tertiary/aromatic N) is 5. The molecule has 0 aromatic carbocycles. The normalized spacial score (nSPS) is 17.5. The second-order valence-electron chi connectivity index (χ2n) is 6.48. The lowest BCUT2D eigenvalue weighted by atomic mass is 10.2. The van der Waals surface area contributed by atoms with E-state index in [2.05, 4.69) is 20.4 Å². The van der Waals surface area contributed by atoms with E-state index in [9.17, 15) is 10.1 Å². The van der Waals surface area contributed by atoms with Crippen LogP contribution in [-0.2, 0) is 4.74 Å². The summed E-state index contributed by atoms with van der Waals surface area (Å²) in [6, 6.07) is -0.0877. The molecule has 0 radical (unpaired) electrons. The molecule has 0 bridgehead atoms. The van der Waals surface area contributed by atoms with Gasteiger partial charge in [-0.3, -0.25) is 14.8 Å². The lowest BCUT2D eigenvalue weighted by Gasteiger charge is -2.15. The lowest BCUT2D eigenvalue weighted by molar-refractivity contribution is -0.386. The van der Waals surface area contributed by atoms with Gasteiger partial charge in [0, 0.05) is 19.1 Å². The van der Waals surface area contributed by atoms with Gasteiger partial charge in [0.25, 0.3) is 0 Å². The van der Waals surface area contributed by atoms with Gasteiger partial charge in [-0.05, 0) is 31.9 Å². The molecule has 1 aliphatic rings. The molecule has 152 valence electrons. The van der Waals surface area contributed by atoms with Crippen molar-refractivity contribution in [3.63, 3.8) is 0 Å². The highest BCUT2D eigenvalue weighted by Gasteiger charge is 2.31. The van der Waals surface area contributed by atoms with Crippen molar-refractivity contribution in [1.82, 2.24) is 19.7 Å². The van der Waals surface area contributed by atoms with Crippen molar-refractivity contribution >= 4 is 34.7 Å². The standard InChI is InChI=1S/C16H20Cl2N6O4/c1-9(20-14-12(17)7-19-16(18)21-14)3-6-28-15-13(24(25)26)10(2)23(22-15)11-4-5-27-8-11/h7,9,11H,3-6,8H2,1-2H3,(H,19,20,21)/t9?,11-/m0/s1. The number of anilines is 1. The molecule has 1 saturated heterocycles. The third-order valence-corrected chi connectivity index (χ3v) is 4.87. The van der Waals surface area contributed by atoms with Crippen molar-refractivity contribution < 1.29 is 14.4 Å². The molecule has 2 atom stereocenters. The van der Waals surface area contributed by atoms with Gasteiger partial charge in [0.15, 0.2) is 0 Å². The molecule has 0 amide bonds. The van der Waals surface area contributed by atoms with E-state index in [1.807, 2.05) is 6.92 Å². The summed E-state index contributed by atoms with van der Waals surface area (Å²) in [6.45, 7) is 4.91. The molecule has 1 N–H and O–H groups in total. The van der Waals surface area contributed by atoms with Crippen LogP contribution < -0.4 is 10.1 Å². The molecule has 1 unspecified atom stereocenters. The van der Waals surface area contributed by atoms with E-state index in [1.54, 1.807) is 11.6 Å². The van der Waals surface area contributed by atoms with Gasteiger partial charge in [0.2, 0.25) is 5.28 Å². The van der Waals surface area contributed by atoms with Crippen LogP contribution in [-0.4, -0.2) is 50.5 Å². The summed E-state index contributed by atoms with van der Waals surface area (Å²) in [5.74, 6) is 0.436. The van der Waals surface area contributed by atoms with Gasteiger partial charge in [-0.25, -0.2) is 4.98 Å². The number of nitrogens with one attached hydrogen (secondary N) is 1. The minimum atomic E-state index is -0.464. The van der Waals surface area contributed by atoms with Crippen molar-refractivity contribution in [3.8, 4) is 5.88 Å². The van der Waals surface area contributed by atoms with Gasteiger partial charge >= 0.3 is 11.6 Å². The molecule has 3 heterocycles. The van der Waals surface area contributed by atoms with E-state index < -0.39 is 4.92 Å². The van der Waals surface area contributed by atoms with E-state index in [0.717, 1.165) is 6.42 Å². The summed E-state index contributed by atoms with van der Waals surface area (Å²) in [6.07, 6.45) is 2.71. The zero-order valence-electron chi connectivity index (χ0n) is 15.4. The molecule has 0 aliphatic carbocycles. The number of rotatable bonds is 8. The third kappa shape index (κ3) is 4.62. The highest BCUT2D eigenvalue weighted by Crippen LogP contribution is 2.33. The van der Waals surface area contributed by atoms with Crippen LogP contribution in [0, 0.1) is 17.0 Å². The highest BCUT2D eigenvalue weighted by atomic mass is 35.5. The second-order valence-corrected chi connectivity index (χ2v) is 7.22. The quantitative estimate of drug-likeness (QED) is 0.384. The van der Waals surface area contributed by atoms with Crippen molar-refractivity contribution in [3.05, 3.63) is 32.3 Å². The molecule has 1 fully saturated rings. The molecular weight excluding hydrogens is 411 g/mol. The third-order valence-electron chi connectivity index (χ3n) is 4.41. The first-order chi connectivity index (χ1) is 13.4. The van der Waals surface area contributed by atoms with Crippen LogP contribution in [0.25, 0.3) is 0 Å². The van der Waals surface area contributed by atoms with Crippen LogP contribution in [0.1, 0.15) is 31.5 Å². The van der Waals surface area contributed by atoms with Crippen molar-refractivity contribution in [2.45, 2.75) is 38.8 Å². The van der Waals surface area contributed by atoms with E-state index in [4.69, 9.17) is 32.7 Å². The first kappa shape index (κ1) is 20.6. The number of aromatic nitrogens is 4. The fourth-order valence-corrected chi connectivity index (χ4v) is 3.23. The van der Waals surface area contributed by atoms with Crippen LogP contribution in [0.15, 0.2) is 6.20 Å². The summed E-state index contributed by atoms with van der Waals surface area (Å²) >= 11 is 11.8. The second kappa shape index (κ2) is 8.89. The molecule has 0 spiro atoms. The van der Waals surface area contributed by atoms with E-state index in [1.165, 1.54) is 6.20 Å². The van der Waals surface area contributed by atoms with Crippen LogP contribution >= 0.6 is 23.2 Å². The van der Waals surface area contributed by atoms with E-state index in [0.29, 0.717) is 36.2 Å². The Hall–Kier alpha value is -2.17. The molecule has 1 aliphatic heterocycles. The molecular formula is C16H20Cl2N6O4. The zero-order valence-corrected chi connectivity index (χ0v) is 16.9. The Morgan fingerprint density at radius 1 is 1.54 bits per heavy atom. The predicted octanol–water partition coefficient (Wildman–Crippen LogP) is 3.43. The van der Waals surface area contributed by atoms with Gasteiger partial charge in [-0.15, -0.1) is 5.10 Å². The molecule has 10 nitrogen and oxygen atoms in total. The monoisotopic (exact) mass is 430 g/mol. The van der Waals surface area contributed by atoms with E-state index >= 15 is 0 Å².